The number of hydrogen-bond donors (Lipinski definition) is 2. The van der Waals surface area contributed by atoms with Crippen molar-refractivity contribution in [3.05, 3.63) is 29.8 Å². The third-order valence-corrected chi connectivity index (χ3v) is 5.95. The standard InChI is InChI=1S/C16H25NO3S/c1-13(2-3-14-4-6-16(18)7-5-14)17-12-15-8-10-21(19,20)11-9-15/h4-7,13,15,17-18H,2-3,8-12H2,1H3. The lowest BCUT2D eigenvalue weighted by Gasteiger charge is -2.24. The molecule has 2 rings (SSSR count). The largest absolute Gasteiger partial charge is 0.508 e. The van der Waals surface area contributed by atoms with Crippen LogP contribution in [0.1, 0.15) is 31.7 Å². The predicted molar refractivity (Wildman–Crippen MR) is 85.3 cm³/mol. The summed E-state index contributed by atoms with van der Waals surface area (Å²) in [5.74, 6) is 1.49. The molecule has 1 saturated heterocycles. The van der Waals surface area contributed by atoms with E-state index in [2.05, 4.69) is 12.2 Å². The first-order valence-electron chi connectivity index (χ1n) is 7.66. The van der Waals surface area contributed by atoms with Crippen molar-refractivity contribution in [1.82, 2.24) is 5.32 Å². The Bertz CT molecular complexity index is 525. The smallest absolute Gasteiger partial charge is 0.150 e. The van der Waals surface area contributed by atoms with Crippen LogP contribution in [0.15, 0.2) is 24.3 Å². The van der Waals surface area contributed by atoms with Gasteiger partial charge in [0.1, 0.15) is 15.6 Å². The first-order chi connectivity index (χ1) is 9.94. The Morgan fingerprint density at radius 2 is 1.86 bits per heavy atom. The molecule has 1 aliphatic heterocycles. The van der Waals surface area contributed by atoms with E-state index in [-0.39, 0.29) is 0 Å². The van der Waals surface area contributed by atoms with Crippen LogP contribution in [-0.4, -0.2) is 37.6 Å². The fraction of sp³-hybridized carbons (Fsp3) is 0.625. The van der Waals surface area contributed by atoms with Crippen LogP contribution in [0.5, 0.6) is 5.75 Å². The van der Waals surface area contributed by atoms with E-state index in [1.54, 1.807) is 12.1 Å². The van der Waals surface area contributed by atoms with E-state index in [4.69, 9.17) is 0 Å². The first-order valence-corrected chi connectivity index (χ1v) is 9.48. The zero-order valence-corrected chi connectivity index (χ0v) is 13.4. The molecule has 1 aromatic rings. The highest BCUT2D eigenvalue weighted by atomic mass is 32.2. The third kappa shape index (κ3) is 5.67. The lowest BCUT2D eigenvalue weighted by Crippen LogP contribution is -2.35. The van der Waals surface area contributed by atoms with Gasteiger partial charge in [-0.2, -0.15) is 0 Å². The van der Waals surface area contributed by atoms with Gasteiger partial charge in [0, 0.05) is 6.04 Å². The summed E-state index contributed by atoms with van der Waals surface area (Å²) in [4.78, 5) is 0. The minimum atomic E-state index is -2.75. The SMILES string of the molecule is CC(CCc1ccc(O)cc1)NCC1CCS(=O)(=O)CC1. The monoisotopic (exact) mass is 311 g/mol. The van der Waals surface area contributed by atoms with Crippen molar-refractivity contribution in [2.45, 2.75) is 38.6 Å². The van der Waals surface area contributed by atoms with Crippen LogP contribution in [0.25, 0.3) is 0 Å². The summed E-state index contributed by atoms with van der Waals surface area (Å²) in [6.45, 7) is 3.08. The molecule has 1 heterocycles. The molecule has 1 atom stereocenters. The molecule has 0 radical (unpaired) electrons. The van der Waals surface area contributed by atoms with E-state index in [0.29, 0.717) is 29.2 Å². The summed E-state index contributed by atoms with van der Waals surface area (Å²) in [5, 5.41) is 12.8. The fourth-order valence-corrected chi connectivity index (χ4v) is 4.25. The van der Waals surface area contributed by atoms with Crippen molar-refractivity contribution < 1.29 is 13.5 Å². The van der Waals surface area contributed by atoms with Gasteiger partial charge in [0.25, 0.3) is 0 Å². The molecule has 0 bridgehead atoms. The van der Waals surface area contributed by atoms with Crippen molar-refractivity contribution in [3.8, 4) is 5.75 Å². The molecule has 5 heteroatoms. The van der Waals surface area contributed by atoms with Crippen LogP contribution < -0.4 is 5.32 Å². The molecule has 1 unspecified atom stereocenters. The normalized spacial score (nSPS) is 20.2. The lowest BCUT2D eigenvalue weighted by molar-refractivity contribution is 0.398. The van der Waals surface area contributed by atoms with Crippen molar-refractivity contribution in [2.75, 3.05) is 18.1 Å². The molecular weight excluding hydrogens is 286 g/mol. The van der Waals surface area contributed by atoms with Crippen LogP contribution >= 0.6 is 0 Å². The molecule has 4 nitrogen and oxygen atoms in total. The summed E-state index contributed by atoms with van der Waals surface area (Å²) >= 11 is 0. The fourth-order valence-electron chi connectivity index (χ4n) is 2.66. The maximum absolute atomic E-state index is 11.4. The Hall–Kier alpha value is -1.07. The highest BCUT2D eigenvalue weighted by Crippen LogP contribution is 2.18. The van der Waals surface area contributed by atoms with Crippen molar-refractivity contribution in [2.24, 2.45) is 5.92 Å². The molecule has 0 amide bonds. The van der Waals surface area contributed by atoms with Crippen molar-refractivity contribution in [3.63, 3.8) is 0 Å². The van der Waals surface area contributed by atoms with E-state index in [1.165, 1.54) is 5.56 Å². The average molecular weight is 311 g/mol. The minimum absolute atomic E-state index is 0.303. The highest BCUT2D eigenvalue weighted by molar-refractivity contribution is 7.91. The van der Waals surface area contributed by atoms with Gasteiger partial charge < -0.3 is 10.4 Å². The number of aromatic hydroxyl groups is 1. The number of hydrogen-bond acceptors (Lipinski definition) is 4. The molecular formula is C16H25NO3S. The Kier molecular flexibility index (Phi) is 5.65. The van der Waals surface area contributed by atoms with E-state index in [1.807, 2.05) is 12.1 Å². The van der Waals surface area contributed by atoms with Gasteiger partial charge in [0.05, 0.1) is 11.5 Å². The summed E-state index contributed by atoms with van der Waals surface area (Å²) < 4.78 is 22.8. The second kappa shape index (κ2) is 7.27. The summed E-state index contributed by atoms with van der Waals surface area (Å²) in [6.07, 6.45) is 3.60. The first kappa shape index (κ1) is 16.3. The summed E-state index contributed by atoms with van der Waals surface area (Å²) in [7, 11) is -2.75. The lowest BCUT2D eigenvalue weighted by atomic mass is 10.0. The van der Waals surface area contributed by atoms with E-state index in [9.17, 15) is 13.5 Å². The molecule has 21 heavy (non-hydrogen) atoms. The molecule has 2 N–H and O–H groups in total. The minimum Gasteiger partial charge on any atom is -0.508 e. The molecule has 0 saturated carbocycles. The van der Waals surface area contributed by atoms with Crippen LogP contribution in [-0.2, 0) is 16.3 Å². The number of benzene rings is 1. The zero-order valence-electron chi connectivity index (χ0n) is 12.6. The number of rotatable bonds is 6. The van der Waals surface area contributed by atoms with E-state index < -0.39 is 9.84 Å². The van der Waals surface area contributed by atoms with Gasteiger partial charge in [0.2, 0.25) is 0 Å². The maximum atomic E-state index is 11.4. The molecule has 0 aliphatic carbocycles. The van der Waals surface area contributed by atoms with Crippen LogP contribution in [0, 0.1) is 5.92 Å². The molecule has 118 valence electrons. The number of nitrogens with one attached hydrogen (secondary N) is 1. The zero-order chi connectivity index (χ0) is 15.3. The van der Waals surface area contributed by atoms with E-state index in [0.717, 1.165) is 32.2 Å². The number of phenolic OH excluding ortho intramolecular Hbond substituents is 1. The van der Waals surface area contributed by atoms with Gasteiger partial charge in [-0.1, -0.05) is 12.1 Å². The quantitative estimate of drug-likeness (QED) is 0.844. The van der Waals surface area contributed by atoms with Crippen LogP contribution in [0.4, 0.5) is 0 Å². The second-order valence-electron chi connectivity index (χ2n) is 6.11. The second-order valence-corrected chi connectivity index (χ2v) is 8.41. The van der Waals surface area contributed by atoms with E-state index >= 15 is 0 Å². The topological polar surface area (TPSA) is 66.4 Å². The summed E-state index contributed by atoms with van der Waals surface area (Å²) in [5.41, 5.74) is 1.23. The van der Waals surface area contributed by atoms with Crippen LogP contribution in [0.3, 0.4) is 0 Å². The maximum Gasteiger partial charge on any atom is 0.150 e. The number of aryl methyl sites for hydroxylation is 1. The van der Waals surface area contributed by atoms with Crippen molar-refractivity contribution >= 4 is 9.84 Å². The van der Waals surface area contributed by atoms with Gasteiger partial charge in [-0.05, 0) is 62.8 Å². The molecule has 1 aliphatic rings. The van der Waals surface area contributed by atoms with Crippen LogP contribution in [0.2, 0.25) is 0 Å². The predicted octanol–water partition coefficient (Wildman–Crippen LogP) is 2.13. The summed E-state index contributed by atoms with van der Waals surface area (Å²) in [6, 6.07) is 7.76. The molecule has 0 aromatic heterocycles. The van der Waals surface area contributed by atoms with Gasteiger partial charge in [-0.3, -0.25) is 0 Å². The van der Waals surface area contributed by atoms with Gasteiger partial charge in [0.15, 0.2) is 0 Å². The number of sulfone groups is 1. The molecule has 1 fully saturated rings. The highest BCUT2D eigenvalue weighted by Gasteiger charge is 2.23. The third-order valence-electron chi connectivity index (χ3n) is 4.23. The Labute approximate surface area is 127 Å². The number of phenols is 1. The van der Waals surface area contributed by atoms with Gasteiger partial charge in [-0.25, -0.2) is 8.42 Å². The van der Waals surface area contributed by atoms with Gasteiger partial charge >= 0.3 is 0 Å². The molecule has 1 aromatic carbocycles. The Morgan fingerprint density at radius 1 is 1.24 bits per heavy atom. The van der Waals surface area contributed by atoms with Crippen molar-refractivity contribution in [1.29, 1.82) is 0 Å². The Morgan fingerprint density at radius 3 is 2.48 bits per heavy atom. The van der Waals surface area contributed by atoms with Gasteiger partial charge in [-0.15, -0.1) is 0 Å². The average Bonchev–Trinajstić information content (AvgIpc) is 2.45. The molecule has 0 spiro atoms. The Balaban J connectivity index is 1.66.